The lowest BCUT2D eigenvalue weighted by Crippen LogP contribution is -2.47. The van der Waals surface area contributed by atoms with Gasteiger partial charge in [0.2, 0.25) is 0 Å². The molecule has 0 saturated heterocycles. The van der Waals surface area contributed by atoms with E-state index in [9.17, 15) is 9.18 Å². The smallest absolute Gasteiger partial charge is 0.262 e. The molecule has 2 aliphatic rings. The van der Waals surface area contributed by atoms with Gasteiger partial charge in [-0.3, -0.25) is 9.52 Å². The number of rotatable bonds is 13. The highest BCUT2D eigenvalue weighted by Crippen LogP contribution is 2.32. The third-order valence-corrected chi connectivity index (χ3v) is 8.93. The Hall–Kier alpha value is -0.700. The molecule has 0 aromatic carbocycles. The summed E-state index contributed by atoms with van der Waals surface area (Å²) in [5.41, 5.74) is -0.657. The van der Waals surface area contributed by atoms with E-state index < -0.39 is 11.8 Å². The average molecular weight is 502 g/mol. The van der Waals surface area contributed by atoms with Gasteiger partial charge in [0.15, 0.2) is 0 Å². The van der Waals surface area contributed by atoms with E-state index in [0.29, 0.717) is 11.3 Å². The molecule has 33 heavy (non-hydrogen) atoms. The summed E-state index contributed by atoms with van der Waals surface area (Å²) >= 11 is 3.31. The Morgan fingerprint density at radius 1 is 1.15 bits per heavy atom. The molecule has 1 amide bonds. The van der Waals surface area contributed by atoms with Gasteiger partial charge in [-0.2, -0.15) is 11.8 Å². The molecule has 0 bridgehead atoms. The van der Waals surface area contributed by atoms with Crippen molar-refractivity contribution in [2.24, 2.45) is 0 Å². The SMILES string of the molecule is COC1(C(=O)NS/C=C/C=C/N(C)C(CCN(C)C)CSC2CCC(F)CC2)CCCCC1. The highest BCUT2D eigenvalue weighted by Gasteiger charge is 2.39. The van der Waals surface area contributed by atoms with Crippen LogP contribution in [-0.2, 0) is 9.53 Å². The molecule has 8 heteroatoms. The lowest BCUT2D eigenvalue weighted by molar-refractivity contribution is -0.145. The van der Waals surface area contributed by atoms with Gasteiger partial charge in [0.25, 0.3) is 5.91 Å². The van der Waals surface area contributed by atoms with Crippen LogP contribution in [0.4, 0.5) is 4.39 Å². The second-order valence-corrected chi connectivity index (χ2v) is 11.6. The van der Waals surface area contributed by atoms with Crippen LogP contribution in [0.2, 0.25) is 0 Å². The number of allylic oxidation sites excluding steroid dienone is 2. The number of hydrogen-bond donors (Lipinski definition) is 1. The third-order valence-electron chi connectivity index (χ3n) is 6.81. The first kappa shape index (κ1) is 28.5. The lowest BCUT2D eigenvalue weighted by atomic mass is 9.84. The quantitative estimate of drug-likeness (QED) is 0.270. The summed E-state index contributed by atoms with van der Waals surface area (Å²) in [4.78, 5) is 17.1. The third kappa shape index (κ3) is 10.2. The molecule has 0 radical (unpaired) electrons. The molecule has 190 valence electrons. The van der Waals surface area contributed by atoms with Gasteiger partial charge in [0.1, 0.15) is 11.8 Å². The first-order valence-corrected chi connectivity index (χ1v) is 14.3. The molecular formula is C25H44FN3O2S2. The van der Waals surface area contributed by atoms with E-state index in [-0.39, 0.29) is 5.91 Å². The van der Waals surface area contributed by atoms with E-state index in [1.807, 2.05) is 29.3 Å². The van der Waals surface area contributed by atoms with Crippen LogP contribution in [0.5, 0.6) is 0 Å². The van der Waals surface area contributed by atoms with Crippen LogP contribution in [0.3, 0.4) is 0 Å². The van der Waals surface area contributed by atoms with Crippen molar-refractivity contribution >= 4 is 29.6 Å². The number of hydrogen-bond acceptors (Lipinski definition) is 6. The maximum Gasteiger partial charge on any atom is 0.262 e. The first-order valence-electron chi connectivity index (χ1n) is 12.3. The Morgan fingerprint density at radius 3 is 2.48 bits per heavy atom. The minimum absolute atomic E-state index is 0.0250. The predicted molar refractivity (Wildman–Crippen MR) is 141 cm³/mol. The molecule has 1 unspecified atom stereocenters. The highest BCUT2D eigenvalue weighted by molar-refractivity contribution is 8.00. The fourth-order valence-electron chi connectivity index (χ4n) is 4.47. The van der Waals surface area contributed by atoms with Gasteiger partial charge in [-0.15, -0.1) is 0 Å². The van der Waals surface area contributed by atoms with Gasteiger partial charge in [-0.05, 0) is 95.2 Å². The Morgan fingerprint density at radius 2 is 1.85 bits per heavy atom. The largest absolute Gasteiger partial charge is 0.377 e. The maximum absolute atomic E-state index is 13.4. The molecule has 2 fully saturated rings. The molecule has 0 aliphatic heterocycles. The topological polar surface area (TPSA) is 44.8 Å². The normalized spacial score (nSPS) is 24.4. The Balaban J connectivity index is 1.77. The van der Waals surface area contributed by atoms with E-state index in [1.165, 1.54) is 18.4 Å². The van der Waals surface area contributed by atoms with E-state index in [2.05, 4.69) is 41.9 Å². The molecule has 5 nitrogen and oxygen atoms in total. The number of alkyl halides is 1. The molecule has 2 aliphatic carbocycles. The van der Waals surface area contributed by atoms with Crippen molar-refractivity contribution in [3.8, 4) is 0 Å². The molecule has 0 heterocycles. The number of halogens is 1. The van der Waals surface area contributed by atoms with Crippen molar-refractivity contribution in [2.45, 2.75) is 87.3 Å². The number of carbonyl (C=O) groups is 1. The van der Waals surface area contributed by atoms with Crippen LogP contribution >= 0.6 is 23.7 Å². The molecule has 1 atom stereocenters. The van der Waals surface area contributed by atoms with E-state index in [4.69, 9.17) is 4.74 Å². The summed E-state index contributed by atoms with van der Waals surface area (Å²) in [5, 5.41) is 2.49. The summed E-state index contributed by atoms with van der Waals surface area (Å²) < 4.78 is 22.0. The predicted octanol–water partition coefficient (Wildman–Crippen LogP) is 5.39. The van der Waals surface area contributed by atoms with Gasteiger partial charge in [0, 0.05) is 31.2 Å². The van der Waals surface area contributed by atoms with Crippen LogP contribution in [0, 0.1) is 0 Å². The van der Waals surface area contributed by atoms with Crippen LogP contribution in [0.25, 0.3) is 0 Å². The fraction of sp³-hybridized carbons (Fsp3) is 0.800. The zero-order valence-corrected chi connectivity index (χ0v) is 22.6. The summed E-state index contributed by atoms with van der Waals surface area (Å²) in [6.07, 6.45) is 14.9. The monoisotopic (exact) mass is 501 g/mol. The van der Waals surface area contributed by atoms with Crippen molar-refractivity contribution < 1.29 is 13.9 Å². The molecule has 0 spiro atoms. The van der Waals surface area contributed by atoms with Crippen molar-refractivity contribution in [3.05, 3.63) is 23.8 Å². The Labute approximate surface area is 209 Å². The summed E-state index contributed by atoms with van der Waals surface area (Å²) in [5.74, 6) is 1.03. The fourth-order valence-corrected chi connectivity index (χ4v) is 6.50. The molecule has 0 aromatic rings. The van der Waals surface area contributed by atoms with Crippen molar-refractivity contribution in [1.29, 1.82) is 0 Å². The number of nitrogens with one attached hydrogen (secondary N) is 1. The number of methoxy groups -OCH3 is 1. The minimum atomic E-state index is -0.657. The second-order valence-electron chi connectivity index (χ2n) is 9.60. The lowest BCUT2D eigenvalue weighted by Gasteiger charge is -2.33. The first-order chi connectivity index (χ1) is 15.9. The van der Waals surface area contributed by atoms with Crippen molar-refractivity contribution in [2.75, 3.05) is 40.6 Å². The van der Waals surface area contributed by atoms with E-state index in [0.717, 1.165) is 70.1 Å². The van der Waals surface area contributed by atoms with Crippen LogP contribution in [-0.4, -0.2) is 79.3 Å². The van der Waals surface area contributed by atoms with Gasteiger partial charge >= 0.3 is 0 Å². The second kappa shape index (κ2) is 15.3. The number of nitrogens with zero attached hydrogens (tertiary/aromatic N) is 2. The number of thioether (sulfide) groups is 1. The van der Waals surface area contributed by atoms with Crippen LogP contribution in [0.1, 0.15) is 64.2 Å². The van der Waals surface area contributed by atoms with Crippen LogP contribution < -0.4 is 4.72 Å². The summed E-state index contributed by atoms with van der Waals surface area (Å²) in [6.45, 7) is 1.04. The zero-order chi connectivity index (χ0) is 24.1. The van der Waals surface area contributed by atoms with E-state index >= 15 is 0 Å². The summed E-state index contributed by atoms with van der Waals surface area (Å²) in [7, 11) is 7.99. The minimum Gasteiger partial charge on any atom is -0.377 e. The maximum atomic E-state index is 13.4. The van der Waals surface area contributed by atoms with E-state index in [1.54, 1.807) is 7.11 Å². The highest BCUT2D eigenvalue weighted by atomic mass is 32.2. The Kier molecular flexibility index (Phi) is 13.3. The van der Waals surface area contributed by atoms with Gasteiger partial charge in [0.05, 0.1) is 0 Å². The van der Waals surface area contributed by atoms with Crippen molar-refractivity contribution in [1.82, 2.24) is 14.5 Å². The van der Waals surface area contributed by atoms with Crippen molar-refractivity contribution in [3.63, 3.8) is 0 Å². The van der Waals surface area contributed by atoms with Gasteiger partial charge < -0.3 is 14.5 Å². The molecule has 1 N–H and O–H groups in total. The molecule has 2 saturated carbocycles. The van der Waals surface area contributed by atoms with Gasteiger partial charge in [-0.25, -0.2) is 4.39 Å². The molecule has 2 rings (SSSR count). The van der Waals surface area contributed by atoms with Crippen LogP contribution in [0.15, 0.2) is 23.8 Å². The zero-order valence-electron chi connectivity index (χ0n) is 20.9. The number of carbonyl (C=O) groups excluding carboxylic acids is 1. The Bertz CT molecular complexity index is 619. The average Bonchev–Trinajstić information content (AvgIpc) is 2.82. The standard InChI is InChI=1S/C25H44FN3O2S2/c1-28(2)18-14-22(20-32-23-12-10-21(26)11-13-23)29(3)17-8-9-19-33-27-24(30)25(31-4)15-6-5-7-16-25/h8-9,17,19,21-23H,5-7,10-16,18,20H2,1-4H3,(H,27,30)/b17-8+,19-9+. The summed E-state index contributed by atoms with van der Waals surface area (Å²) in [6, 6.07) is 0.436. The number of amides is 1. The van der Waals surface area contributed by atoms with Gasteiger partial charge in [-0.1, -0.05) is 25.3 Å². The number of ether oxygens (including phenoxy) is 1. The molecule has 0 aromatic heterocycles. The molecular weight excluding hydrogens is 457 g/mol.